The fraction of sp³-hybridized carbons (Fsp3) is 0.562. The lowest BCUT2D eigenvalue weighted by atomic mass is 10.2. The number of nitro groups is 1. The van der Waals surface area contributed by atoms with Crippen molar-refractivity contribution in [3.8, 4) is 5.75 Å². The summed E-state index contributed by atoms with van der Waals surface area (Å²) >= 11 is 0. The molecule has 7 nitrogen and oxygen atoms in total. The lowest BCUT2D eigenvalue weighted by molar-refractivity contribution is -0.384. The van der Waals surface area contributed by atoms with Crippen LogP contribution in [0.4, 0.5) is 5.69 Å². The van der Waals surface area contributed by atoms with Gasteiger partial charge in [-0.2, -0.15) is 0 Å². The second kappa shape index (κ2) is 10.6. The summed E-state index contributed by atoms with van der Waals surface area (Å²) in [6.07, 6.45) is 2.72. The minimum atomic E-state index is -0.789. The van der Waals surface area contributed by atoms with Gasteiger partial charge in [-0.15, -0.1) is 0 Å². The van der Waals surface area contributed by atoms with Crippen molar-refractivity contribution < 1.29 is 24.3 Å². The standard InChI is InChI=1S/C16H23NO6/c1-2-3-4-5-16(19)23-12-14(18)10-11-22-15-8-6-13(7-9-15)17(20)21/h6-9,14,18H,2-5,10-12H2,1H3. The Hall–Kier alpha value is -2.15. The number of nitro benzene ring substituents is 1. The van der Waals surface area contributed by atoms with Crippen LogP contribution in [0.1, 0.15) is 39.0 Å². The van der Waals surface area contributed by atoms with Crippen LogP contribution in [0.3, 0.4) is 0 Å². The Balaban J connectivity index is 2.17. The molecule has 1 atom stereocenters. The Morgan fingerprint density at radius 2 is 2.00 bits per heavy atom. The predicted molar refractivity (Wildman–Crippen MR) is 84.3 cm³/mol. The Bertz CT molecular complexity index is 488. The number of rotatable bonds is 11. The molecule has 23 heavy (non-hydrogen) atoms. The van der Waals surface area contributed by atoms with Gasteiger partial charge in [-0.05, 0) is 18.6 Å². The summed E-state index contributed by atoms with van der Waals surface area (Å²) in [5, 5.41) is 20.2. The van der Waals surface area contributed by atoms with Crippen molar-refractivity contribution in [2.45, 2.75) is 45.1 Å². The molecular formula is C16H23NO6. The monoisotopic (exact) mass is 325 g/mol. The zero-order chi connectivity index (χ0) is 17.1. The average molecular weight is 325 g/mol. The molecule has 0 amide bonds. The van der Waals surface area contributed by atoms with E-state index in [0.717, 1.165) is 19.3 Å². The summed E-state index contributed by atoms with van der Waals surface area (Å²) < 4.78 is 10.4. The molecule has 1 N–H and O–H groups in total. The molecule has 0 radical (unpaired) electrons. The molecule has 0 heterocycles. The van der Waals surface area contributed by atoms with E-state index in [0.29, 0.717) is 18.6 Å². The molecule has 1 aromatic rings. The lowest BCUT2D eigenvalue weighted by Crippen LogP contribution is -2.21. The third kappa shape index (κ3) is 8.15. The zero-order valence-corrected chi connectivity index (χ0v) is 13.3. The normalized spacial score (nSPS) is 11.7. The van der Waals surface area contributed by atoms with E-state index in [4.69, 9.17) is 9.47 Å². The maximum absolute atomic E-state index is 11.4. The first-order chi connectivity index (χ1) is 11.0. The average Bonchev–Trinajstić information content (AvgIpc) is 2.53. The Morgan fingerprint density at radius 1 is 1.30 bits per heavy atom. The first-order valence-corrected chi connectivity index (χ1v) is 7.74. The number of carbonyl (C=O) groups excluding carboxylic acids is 1. The van der Waals surface area contributed by atoms with Crippen molar-refractivity contribution in [3.63, 3.8) is 0 Å². The van der Waals surface area contributed by atoms with Gasteiger partial charge >= 0.3 is 5.97 Å². The van der Waals surface area contributed by atoms with E-state index in [9.17, 15) is 20.0 Å². The topological polar surface area (TPSA) is 98.9 Å². The maximum atomic E-state index is 11.4. The highest BCUT2D eigenvalue weighted by atomic mass is 16.6. The van der Waals surface area contributed by atoms with Crippen molar-refractivity contribution in [2.75, 3.05) is 13.2 Å². The van der Waals surface area contributed by atoms with Crippen LogP contribution in [0, 0.1) is 10.1 Å². The maximum Gasteiger partial charge on any atom is 0.305 e. The minimum absolute atomic E-state index is 0.00706. The van der Waals surface area contributed by atoms with Gasteiger partial charge in [0.25, 0.3) is 5.69 Å². The van der Waals surface area contributed by atoms with Crippen molar-refractivity contribution in [2.24, 2.45) is 0 Å². The zero-order valence-electron chi connectivity index (χ0n) is 13.3. The van der Waals surface area contributed by atoms with Gasteiger partial charge < -0.3 is 14.6 Å². The van der Waals surface area contributed by atoms with E-state index in [2.05, 4.69) is 6.92 Å². The van der Waals surface area contributed by atoms with Crippen molar-refractivity contribution in [1.82, 2.24) is 0 Å². The molecule has 0 aliphatic rings. The molecule has 1 unspecified atom stereocenters. The lowest BCUT2D eigenvalue weighted by Gasteiger charge is -2.12. The first kappa shape index (κ1) is 18.9. The first-order valence-electron chi connectivity index (χ1n) is 7.74. The molecule has 7 heteroatoms. The van der Waals surface area contributed by atoms with Crippen LogP contribution in [0.5, 0.6) is 5.75 Å². The van der Waals surface area contributed by atoms with E-state index in [1.54, 1.807) is 0 Å². The van der Waals surface area contributed by atoms with Gasteiger partial charge in [0.2, 0.25) is 0 Å². The molecule has 0 fully saturated rings. The third-order valence-corrected chi connectivity index (χ3v) is 3.19. The summed E-state index contributed by atoms with van der Waals surface area (Å²) in [6, 6.07) is 5.70. The van der Waals surface area contributed by atoms with Gasteiger partial charge in [-0.1, -0.05) is 19.8 Å². The number of aliphatic hydroxyl groups is 1. The highest BCUT2D eigenvalue weighted by molar-refractivity contribution is 5.69. The summed E-state index contributed by atoms with van der Waals surface area (Å²) in [7, 11) is 0. The van der Waals surface area contributed by atoms with E-state index < -0.39 is 11.0 Å². The Kier molecular flexibility index (Phi) is 8.67. The molecule has 0 aliphatic carbocycles. The highest BCUT2D eigenvalue weighted by Crippen LogP contribution is 2.17. The Morgan fingerprint density at radius 3 is 2.61 bits per heavy atom. The van der Waals surface area contributed by atoms with Crippen LogP contribution in [0.15, 0.2) is 24.3 Å². The summed E-state index contributed by atoms with van der Waals surface area (Å²) in [5.74, 6) is 0.188. The van der Waals surface area contributed by atoms with Crippen LogP contribution in [-0.2, 0) is 9.53 Å². The number of benzene rings is 1. The van der Waals surface area contributed by atoms with Gasteiger partial charge in [0.15, 0.2) is 0 Å². The molecule has 0 aliphatic heterocycles. The van der Waals surface area contributed by atoms with Crippen LogP contribution in [0.2, 0.25) is 0 Å². The van der Waals surface area contributed by atoms with E-state index in [1.807, 2.05) is 0 Å². The fourth-order valence-corrected chi connectivity index (χ4v) is 1.84. The molecule has 0 saturated heterocycles. The van der Waals surface area contributed by atoms with Crippen LogP contribution < -0.4 is 4.74 Å². The van der Waals surface area contributed by atoms with Crippen LogP contribution in [0.25, 0.3) is 0 Å². The molecule has 1 rings (SSSR count). The number of hydrogen-bond acceptors (Lipinski definition) is 6. The SMILES string of the molecule is CCCCCC(=O)OCC(O)CCOc1ccc([N+](=O)[O-])cc1. The molecule has 0 spiro atoms. The number of hydrogen-bond donors (Lipinski definition) is 1. The van der Waals surface area contributed by atoms with E-state index >= 15 is 0 Å². The molecule has 128 valence electrons. The molecule has 0 saturated carbocycles. The molecule has 0 aromatic heterocycles. The molecular weight excluding hydrogens is 302 g/mol. The van der Waals surface area contributed by atoms with Crippen molar-refractivity contribution in [3.05, 3.63) is 34.4 Å². The largest absolute Gasteiger partial charge is 0.493 e. The van der Waals surface area contributed by atoms with Crippen molar-refractivity contribution in [1.29, 1.82) is 0 Å². The second-order valence-corrected chi connectivity index (χ2v) is 5.18. The van der Waals surface area contributed by atoms with Crippen LogP contribution >= 0.6 is 0 Å². The molecule has 0 bridgehead atoms. The van der Waals surface area contributed by atoms with Gasteiger partial charge in [-0.25, -0.2) is 0 Å². The number of ether oxygens (including phenoxy) is 2. The second-order valence-electron chi connectivity index (χ2n) is 5.18. The molecule has 1 aromatic carbocycles. The smallest absolute Gasteiger partial charge is 0.305 e. The van der Waals surface area contributed by atoms with E-state index in [1.165, 1.54) is 24.3 Å². The van der Waals surface area contributed by atoms with Crippen molar-refractivity contribution >= 4 is 11.7 Å². The van der Waals surface area contributed by atoms with Gasteiger partial charge in [0.05, 0.1) is 17.6 Å². The van der Waals surface area contributed by atoms with Gasteiger partial charge in [0, 0.05) is 25.0 Å². The Labute approximate surface area is 135 Å². The van der Waals surface area contributed by atoms with Gasteiger partial charge in [-0.3, -0.25) is 14.9 Å². The van der Waals surface area contributed by atoms with Gasteiger partial charge in [0.1, 0.15) is 12.4 Å². The highest BCUT2D eigenvalue weighted by Gasteiger charge is 2.10. The number of non-ortho nitro benzene ring substituents is 1. The number of aliphatic hydroxyl groups excluding tert-OH is 1. The van der Waals surface area contributed by atoms with Crippen LogP contribution in [-0.4, -0.2) is 35.3 Å². The fourth-order valence-electron chi connectivity index (χ4n) is 1.84. The third-order valence-electron chi connectivity index (χ3n) is 3.19. The summed E-state index contributed by atoms with van der Waals surface area (Å²) in [6.45, 7) is 2.24. The summed E-state index contributed by atoms with van der Waals surface area (Å²) in [4.78, 5) is 21.4. The number of carbonyl (C=O) groups is 1. The van der Waals surface area contributed by atoms with E-state index in [-0.39, 0.29) is 24.9 Å². The summed E-state index contributed by atoms with van der Waals surface area (Å²) in [5.41, 5.74) is -0.00706. The quantitative estimate of drug-likeness (QED) is 0.291. The minimum Gasteiger partial charge on any atom is -0.493 e. The number of esters is 1. The predicted octanol–water partition coefficient (Wildman–Crippen LogP) is 2.85. The number of unbranched alkanes of at least 4 members (excludes halogenated alkanes) is 2. The number of nitrogens with zero attached hydrogens (tertiary/aromatic N) is 1.